The van der Waals surface area contributed by atoms with E-state index in [2.05, 4.69) is 25.3 Å². The largest absolute Gasteiger partial charge is 0.326 e. The van der Waals surface area contributed by atoms with Gasteiger partial charge in [0.05, 0.1) is 23.6 Å². The summed E-state index contributed by atoms with van der Waals surface area (Å²) in [5.74, 6) is -1.34. The number of halogens is 2. The number of amides is 1. The van der Waals surface area contributed by atoms with E-state index in [1.807, 2.05) is 18.4 Å². The van der Waals surface area contributed by atoms with E-state index in [0.29, 0.717) is 17.0 Å². The van der Waals surface area contributed by atoms with Gasteiger partial charge in [-0.05, 0) is 45.0 Å². The second kappa shape index (κ2) is 8.27. The Morgan fingerprint density at radius 2 is 1.88 bits per heavy atom. The van der Waals surface area contributed by atoms with E-state index in [1.54, 1.807) is 13.0 Å². The molecule has 4 aromatic rings. The number of pyridine rings is 1. The van der Waals surface area contributed by atoms with Crippen LogP contribution in [-0.4, -0.2) is 35.6 Å². The SMILES string of the molecule is Cc1nc2c(F)cc(-c3nc(Nc4ccc(C(=O)NO)nc4)ncc3F)cc2n1C(C)C. The Kier molecular flexibility index (Phi) is 5.49. The summed E-state index contributed by atoms with van der Waals surface area (Å²) in [5, 5.41) is 11.5. The molecule has 0 atom stereocenters. The molecule has 3 heterocycles. The molecule has 4 rings (SSSR count). The number of imidazole rings is 1. The molecule has 9 nitrogen and oxygen atoms in total. The summed E-state index contributed by atoms with van der Waals surface area (Å²) in [6.07, 6.45) is 2.31. The third kappa shape index (κ3) is 3.85. The van der Waals surface area contributed by atoms with Gasteiger partial charge in [-0.15, -0.1) is 0 Å². The summed E-state index contributed by atoms with van der Waals surface area (Å²) >= 11 is 0. The summed E-state index contributed by atoms with van der Waals surface area (Å²) in [4.78, 5) is 27.7. The van der Waals surface area contributed by atoms with Gasteiger partial charge in [-0.2, -0.15) is 0 Å². The Morgan fingerprint density at radius 3 is 2.53 bits per heavy atom. The van der Waals surface area contributed by atoms with Crippen molar-refractivity contribution in [2.75, 3.05) is 5.32 Å². The van der Waals surface area contributed by atoms with E-state index in [9.17, 15) is 13.6 Å². The summed E-state index contributed by atoms with van der Waals surface area (Å²) in [7, 11) is 0. The van der Waals surface area contributed by atoms with Crippen molar-refractivity contribution in [1.82, 2.24) is 30.0 Å². The summed E-state index contributed by atoms with van der Waals surface area (Å²) in [6.45, 7) is 5.70. The topological polar surface area (TPSA) is 118 Å². The van der Waals surface area contributed by atoms with Crippen molar-refractivity contribution in [3.8, 4) is 11.3 Å². The van der Waals surface area contributed by atoms with Gasteiger partial charge in [0.25, 0.3) is 5.91 Å². The zero-order valence-corrected chi connectivity index (χ0v) is 17.4. The van der Waals surface area contributed by atoms with Gasteiger partial charge in [0.1, 0.15) is 22.7 Å². The Balaban J connectivity index is 1.72. The number of nitrogens with zero attached hydrogens (tertiary/aromatic N) is 5. The molecular weight excluding hydrogens is 420 g/mol. The first-order valence-corrected chi connectivity index (χ1v) is 9.67. The van der Waals surface area contributed by atoms with Crippen molar-refractivity contribution in [3.05, 3.63) is 59.8 Å². The Bertz CT molecular complexity index is 1320. The van der Waals surface area contributed by atoms with Crippen LogP contribution < -0.4 is 10.8 Å². The number of carbonyl (C=O) groups is 1. The minimum atomic E-state index is -0.759. The lowest BCUT2D eigenvalue weighted by atomic mass is 10.1. The zero-order valence-electron chi connectivity index (χ0n) is 17.4. The molecule has 0 radical (unpaired) electrons. The van der Waals surface area contributed by atoms with Crippen LogP contribution in [0.2, 0.25) is 0 Å². The maximum absolute atomic E-state index is 14.8. The third-order valence-electron chi connectivity index (χ3n) is 4.81. The van der Waals surface area contributed by atoms with Crippen molar-refractivity contribution < 1.29 is 18.8 Å². The number of nitrogens with one attached hydrogen (secondary N) is 2. The molecule has 1 amide bonds. The van der Waals surface area contributed by atoms with Crippen molar-refractivity contribution in [2.24, 2.45) is 0 Å². The fourth-order valence-electron chi connectivity index (χ4n) is 3.48. The number of anilines is 2. The van der Waals surface area contributed by atoms with Crippen molar-refractivity contribution in [2.45, 2.75) is 26.8 Å². The highest BCUT2D eigenvalue weighted by Crippen LogP contribution is 2.30. The quantitative estimate of drug-likeness (QED) is 0.319. The highest BCUT2D eigenvalue weighted by Gasteiger charge is 2.18. The van der Waals surface area contributed by atoms with E-state index in [-0.39, 0.29) is 34.5 Å². The highest BCUT2D eigenvalue weighted by molar-refractivity contribution is 5.91. The second-order valence-corrected chi connectivity index (χ2v) is 7.34. The smallest absolute Gasteiger partial charge is 0.293 e. The van der Waals surface area contributed by atoms with Gasteiger partial charge in [0.15, 0.2) is 11.6 Å². The average molecular weight is 439 g/mol. The fourth-order valence-corrected chi connectivity index (χ4v) is 3.48. The molecule has 0 aliphatic heterocycles. The number of hydrogen-bond donors (Lipinski definition) is 3. The van der Waals surface area contributed by atoms with E-state index in [0.717, 1.165) is 6.20 Å². The number of hydrogen-bond acceptors (Lipinski definition) is 7. The second-order valence-electron chi connectivity index (χ2n) is 7.34. The third-order valence-corrected chi connectivity index (χ3v) is 4.81. The molecule has 1 aromatic carbocycles. The van der Waals surface area contributed by atoms with E-state index >= 15 is 0 Å². The molecule has 0 aliphatic carbocycles. The van der Waals surface area contributed by atoms with Crippen LogP contribution >= 0.6 is 0 Å². The molecule has 0 unspecified atom stereocenters. The van der Waals surface area contributed by atoms with Crippen LogP contribution in [-0.2, 0) is 0 Å². The molecule has 0 bridgehead atoms. The van der Waals surface area contributed by atoms with Crippen LogP contribution in [0, 0.1) is 18.6 Å². The van der Waals surface area contributed by atoms with E-state index < -0.39 is 17.5 Å². The van der Waals surface area contributed by atoms with E-state index in [4.69, 9.17) is 5.21 Å². The first-order valence-electron chi connectivity index (χ1n) is 9.67. The number of benzene rings is 1. The Morgan fingerprint density at radius 1 is 1.09 bits per heavy atom. The molecule has 3 aromatic heterocycles. The van der Waals surface area contributed by atoms with Gasteiger partial charge in [-0.3, -0.25) is 10.0 Å². The maximum atomic E-state index is 14.8. The minimum Gasteiger partial charge on any atom is -0.326 e. The monoisotopic (exact) mass is 439 g/mol. The number of aromatic nitrogens is 5. The lowest BCUT2D eigenvalue weighted by molar-refractivity contribution is 0.0701. The molecule has 3 N–H and O–H groups in total. The molecule has 0 fully saturated rings. The van der Waals surface area contributed by atoms with Gasteiger partial charge >= 0.3 is 0 Å². The number of rotatable bonds is 5. The van der Waals surface area contributed by atoms with Crippen molar-refractivity contribution in [3.63, 3.8) is 0 Å². The van der Waals surface area contributed by atoms with Crippen LogP contribution in [0.5, 0.6) is 0 Å². The van der Waals surface area contributed by atoms with Gasteiger partial charge < -0.3 is 9.88 Å². The number of hydroxylamine groups is 1. The molecule has 0 aliphatic rings. The molecule has 11 heteroatoms. The van der Waals surface area contributed by atoms with Crippen molar-refractivity contribution in [1.29, 1.82) is 0 Å². The number of fused-ring (bicyclic) bond motifs is 1. The molecule has 0 saturated heterocycles. The summed E-state index contributed by atoms with van der Waals surface area (Å²) < 4.78 is 31.2. The number of aryl methyl sites for hydroxylation is 1. The lowest BCUT2D eigenvalue weighted by Gasteiger charge is -2.12. The number of carbonyl (C=O) groups excluding carboxylic acids is 1. The maximum Gasteiger partial charge on any atom is 0.293 e. The van der Waals surface area contributed by atoms with Gasteiger partial charge in [0.2, 0.25) is 5.95 Å². The first kappa shape index (κ1) is 21.2. The standard InChI is InChI=1S/C21H19F2N7O2/c1-10(2)30-11(3)26-19-14(22)6-12(7-17(19)30)18-15(23)9-25-21(28-18)27-13-4-5-16(24-8-13)20(31)29-32/h4-10,32H,1-3H3,(H,29,31)(H,25,27,28). The predicted octanol–water partition coefficient (Wildman–Crippen LogP) is 3.92. The fraction of sp³-hybridized carbons (Fsp3) is 0.190. The molecule has 32 heavy (non-hydrogen) atoms. The Labute approximate surface area is 181 Å². The zero-order chi connectivity index (χ0) is 23.0. The van der Waals surface area contributed by atoms with Gasteiger partial charge in [-0.25, -0.2) is 34.2 Å². The molecule has 0 spiro atoms. The average Bonchev–Trinajstić information content (AvgIpc) is 3.11. The van der Waals surface area contributed by atoms with Crippen LogP contribution in [0.25, 0.3) is 22.3 Å². The lowest BCUT2D eigenvalue weighted by Crippen LogP contribution is -2.19. The molecular formula is C21H19F2N7O2. The summed E-state index contributed by atoms with van der Waals surface area (Å²) in [6, 6.07) is 5.76. The van der Waals surface area contributed by atoms with Crippen LogP contribution in [0.3, 0.4) is 0 Å². The predicted molar refractivity (Wildman–Crippen MR) is 113 cm³/mol. The highest BCUT2D eigenvalue weighted by atomic mass is 19.1. The van der Waals surface area contributed by atoms with Gasteiger partial charge in [-0.1, -0.05) is 0 Å². The van der Waals surface area contributed by atoms with Gasteiger partial charge in [0, 0.05) is 11.6 Å². The normalized spacial score (nSPS) is 11.2. The Hall–Kier alpha value is -3.99. The first-order chi connectivity index (χ1) is 15.3. The van der Waals surface area contributed by atoms with Crippen LogP contribution in [0.1, 0.15) is 36.2 Å². The van der Waals surface area contributed by atoms with Crippen LogP contribution in [0.4, 0.5) is 20.4 Å². The minimum absolute atomic E-state index is 0.000372. The molecule has 164 valence electrons. The van der Waals surface area contributed by atoms with Crippen LogP contribution in [0.15, 0.2) is 36.7 Å². The summed E-state index contributed by atoms with van der Waals surface area (Å²) in [5.41, 5.74) is 2.83. The molecule has 0 saturated carbocycles. The van der Waals surface area contributed by atoms with Crippen molar-refractivity contribution >= 4 is 28.6 Å². The van der Waals surface area contributed by atoms with E-state index in [1.165, 1.54) is 29.9 Å².